The van der Waals surface area contributed by atoms with Crippen LogP contribution in [-0.2, 0) is 16.8 Å². The largest absolute Gasteiger partial charge is 0.478 e. The molecule has 0 amide bonds. The van der Waals surface area contributed by atoms with Crippen molar-refractivity contribution in [3.05, 3.63) is 35.4 Å². The molecule has 0 atom stereocenters. The Bertz CT molecular complexity index is 484. The van der Waals surface area contributed by atoms with Gasteiger partial charge in [-0.1, -0.05) is 12.1 Å². The molecule has 0 saturated carbocycles. The second kappa shape index (κ2) is 5.06. The highest BCUT2D eigenvalue weighted by Gasteiger charge is 2.07. The van der Waals surface area contributed by atoms with Gasteiger partial charge in [0.05, 0.1) is 5.56 Å². The number of rotatable bonds is 5. The molecular weight excluding hydrogens is 232 g/mol. The van der Waals surface area contributed by atoms with E-state index in [9.17, 15) is 13.2 Å². The lowest BCUT2D eigenvalue weighted by molar-refractivity contribution is 0.0696. The van der Waals surface area contributed by atoms with Crippen LogP contribution in [0.1, 0.15) is 15.9 Å². The van der Waals surface area contributed by atoms with Gasteiger partial charge in [-0.2, -0.15) is 13.1 Å². The van der Waals surface area contributed by atoms with Gasteiger partial charge >= 0.3 is 5.97 Å². The first-order valence-electron chi connectivity index (χ1n) is 4.45. The molecular formula is C9H12N2O4S. The van der Waals surface area contributed by atoms with E-state index in [1.165, 1.54) is 19.2 Å². The molecule has 1 aromatic rings. The molecule has 0 fully saturated rings. The number of carbonyl (C=O) groups is 1. The second-order valence-corrected chi connectivity index (χ2v) is 4.74. The summed E-state index contributed by atoms with van der Waals surface area (Å²) in [6, 6.07) is 6.07. The van der Waals surface area contributed by atoms with Crippen LogP contribution in [0.5, 0.6) is 0 Å². The molecule has 1 aromatic carbocycles. The third-order valence-corrected chi connectivity index (χ3v) is 2.97. The first-order chi connectivity index (χ1) is 7.44. The van der Waals surface area contributed by atoms with Crippen LogP contribution in [0.15, 0.2) is 24.3 Å². The maximum absolute atomic E-state index is 11.1. The Hall–Kier alpha value is -1.44. The Morgan fingerprint density at radius 3 is 2.69 bits per heavy atom. The van der Waals surface area contributed by atoms with Gasteiger partial charge in [0.15, 0.2) is 0 Å². The molecule has 0 aliphatic rings. The van der Waals surface area contributed by atoms with E-state index in [0.29, 0.717) is 5.56 Å². The van der Waals surface area contributed by atoms with Crippen molar-refractivity contribution < 1.29 is 18.3 Å². The zero-order valence-corrected chi connectivity index (χ0v) is 9.41. The highest BCUT2D eigenvalue weighted by Crippen LogP contribution is 2.05. The van der Waals surface area contributed by atoms with Crippen LogP contribution in [0, 0.1) is 0 Å². The molecule has 6 nitrogen and oxygen atoms in total. The number of carboxylic acid groups (broad SMARTS) is 1. The second-order valence-electron chi connectivity index (χ2n) is 3.03. The quantitative estimate of drug-likeness (QED) is 0.676. The van der Waals surface area contributed by atoms with Crippen molar-refractivity contribution in [2.45, 2.75) is 6.54 Å². The van der Waals surface area contributed by atoms with Gasteiger partial charge in [-0.05, 0) is 17.7 Å². The summed E-state index contributed by atoms with van der Waals surface area (Å²) in [5.41, 5.74) is 0.708. The lowest BCUT2D eigenvalue weighted by Crippen LogP contribution is -2.33. The highest BCUT2D eigenvalue weighted by molar-refractivity contribution is 7.87. The first-order valence-corrected chi connectivity index (χ1v) is 5.93. The van der Waals surface area contributed by atoms with E-state index in [2.05, 4.69) is 9.44 Å². The summed E-state index contributed by atoms with van der Waals surface area (Å²) in [7, 11) is -2.21. The average molecular weight is 244 g/mol. The number of nitrogens with one attached hydrogen (secondary N) is 2. The van der Waals surface area contributed by atoms with Crippen LogP contribution >= 0.6 is 0 Å². The molecule has 3 N–H and O–H groups in total. The van der Waals surface area contributed by atoms with E-state index in [1.54, 1.807) is 12.1 Å². The first kappa shape index (κ1) is 12.6. The highest BCUT2D eigenvalue weighted by atomic mass is 32.2. The summed E-state index contributed by atoms with van der Waals surface area (Å²) in [6.45, 7) is 0.0459. The Morgan fingerprint density at radius 1 is 1.44 bits per heavy atom. The van der Waals surface area contributed by atoms with E-state index < -0.39 is 16.2 Å². The fraction of sp³-hybridized carbons (Fsp3) is 0.222. The van der Waals surface area contributed by atoms with E-state index in [-0.39, 0.29) is 12.1 Å². The monoisotopic (exact) mass is 244 g/mol. The summed E-state index contributed by atoms with van der Waals surface area (Å²) >= 11 is 0. The van der Waals surface area contributed by atoms with Crippen LogP contribution in [-0.4, -0.2) is 26.5 Å². The summed E-state index contributed by atoms with van der Waals surface area (Å²) in [5, 5.41) is 8.73. The topological polar surface area (TPSA) is 95.5 Å². The predicted octanol–water partition coefficient (Wildman–Crippen LogP) is -0.0614. The Labute approximate surface area is 93.5 Å². The molecule has 0 radical (unpaired) electrons. The summed E-state index contributed by atoms with van der Waals surface area (Å²) in [6.07, 6.45) is 0. The molecule has 0 aliphatic carbocycles. The van der Waals surface area contributed by atoms with Crippen LogP contribution < -0.4 is 9.44 Å². The van der Waals surface area contributed by atoms with Crippen LogP contribution in [0.2, 0.25) is 0 Å². The fourth-order valence-electron chi connectivity index (χ4n) is 1.06. The molecule has 88 valence electrons. The molecule has 0 unspecified atom stereocenters. The minimum Gasteiger partial charge on any atom is -0.478 e. The van der Waals surface area contributed by atoms with Gasteiger partial charge in [0.25, 0.3) is 10.2 Å². The SMILES string of the molecule is CNS(=O)(=O)NCc1cccc(C(=O)O)c1. The normalized spacial score (nSPS) is 11.3. The number of carboxylic acids is 1. The van der Waals surface area contributed by atoms with Crippen LogP contribution in [0.25, 0.3) is 0 Å². The predicted molar refractivity (Wildman–Crippen MR) is 58.2 cm³/mol. The molecule has 1 rings (SSSR count). The van der Waals surface area contributed by atoms with E-state index in [4.69, 9.17) is 5.11 Å². The van der Waals surface area contributed by atoms with Gasteiger partial charge in [0, 0.05) is 13.6 Å². The van der Waals surface area contributed by atoms with Crippen molar-refractivity contribution in [3.8, 4) is 0 Å². The molecule has 0 aromatic heterocycles. The zero-order chi connectivity index (χ0) is 12.2. The number of benzene rings is 1. The van der Waals surface area contributed by atoms with Gasteiger partial charge in [-0.25, -0.2) is 9.52 Å². The molecule has 0 heterocycles. The molecule has 16 heavy (non-hydrogen) atoms. The molecule has 0 bridgehead atoms. The van der Waals surface area contributed by atoms with Crippen molar-refractivity contribution in [3.63, 3.8) is 0 Å². The van der Waals surface area contributed by atoms with Gasteiger partial charge < -0.3 is 5.11 Å². The van der Waals surface area contributed by atoms with Crippen molar-refractivity contribution in [1.82, 2.24) is 9.44 Å². The number of hydrogen-bond donors (Lipinski definition) is 3. The Balaban J connectivity index is 2.75. The lowest BCUT2D eigenvalue weighted by atomic mass is 10.1. The third kappa shape index (κ3) is 3.61. The van der Waals surface area contributed by atoms with Gasteiger partial charge in [0.1, 0.15) is 0 Å². The maximum Gasteiger partial charge on any atom is 0.335 e. The summed E-state index contributed by atoms with van der Waals surface area (Å²) in [4.78, 5) is 10.7. The minimum absolute atomic E-state index is 0.0459. The van der Waals surface area contributed by atoms with Crippen LogP contribution in [0.4, 0.5) is 0 Å². The third-order valence-electron chi connectivity index (χ3n) is 1.91. The lowest BCUT2D eigenvalue weighted by Gasteiger charge is -2.05. The van der Waals surface area contributed by atoms with Gasteiger partial charge in [-0.3, -0.25) is 0 Å². The summed E-state index contributed by atoms with van der Waals surface area (Å²) in [5.74, 6) is -1.04. The zero-order valence-electron chi connectivity index (χ0n) is 8.60. The van der Waals surface area contributed by atoms with Crippen molar-refractivity contribution in [2.75, 3.05) is 7.05 Å². The summed E-state index contributed by atoms with van der Waals surface area (Å²) < 4.78 is 26.5. The molecule has 0 saturated heterocycles. The standard InChI is InChI=1S/C9H12N2O4S/c1-10-16(14,15)11-6-7-3-2-4-8(5-7)9(12)13/h2-5,10-11H,6H2,1H3,(H,12,13). The number of hydrogen-bond acceptors (Lipinski definition) is 3. The Kier molecular flexibility index (Phi) is 3.99. The Morgan fingerprint density at radius 2 is 2.12 bits per heavy atom. The molecule has 7 heteroatoms. The maximum atomic E-state index is 11.1. The average Bonchev–Trinajstić information content (AvgIpc) is 2.27. The van der Waals surface area contributed by atoms with Crippen molar-refractivity contribution >= 4 is 16.2 Å². The minimum atomic E-state index is -3.50. The van der Waals surface area contributed by atoms with Gasteiger partial charge in [0.2, 0.25) is 0 Å². The van der Waals surface area contributed by atoms with E-state index >= 15 is 0 Å². The fourth-order valence-corrected chi connectivity index (χ4v) is 1.57. The molecule has 0 aliphatic heterocycles. The van der Waals surface area contributed by atoms with Gasteiger partial charge in [-0.15, -0.1) is 0 Å². The van der Waals surface area contributed by atoms with Crippen molar-refractivity contribution in [1.29, 1.82) is 0 Å². The van der Waals surface area contributed by atoms with E-state index in [0.717, 1.165) is 0 Å². The van der Waals surface area contributed by atoms with E-state index in [1.807, 2.05) is 0 Å². The van der Waals surface area contributed by atoms with Crippen molar-refractivity contribution in [2.24, 2.45) is 0 Å². The number of aromatic carboxylic acids is 1. The smallest absolute Gasteiger partial charge is 0.335 e. The van der Waals surface area contributed by atoms with Crippen LogP contribution in [0.3, 0.4) is 0 Å². The molecule has 0 spiro atoms.